The molecule has 2 atom stereocenters. The van der Waals surface area contributed by atoms with Crippen LogP contribution in [-0.2, 0) is 11.3 Å². The first kappa shape index (κ1) is 17.4. The number of amides is 1. The first-order chi connectivity index (χ1) is 10.2. The van der Waals surface area contributed by atoms with Crippen LogP contribution in [0.25, 0.3) is 0 Å². The van der Waals surface area contributed by atoms with E-state index in [1.165, 1.54) is 6.42 Å². The third kappa shape index (κ3) is 3.35. The molecule has 5 heteroatoms. The van der Waals surface area contributed by atoms with Crippen molar-refractivity contribution in [2.75, 3.05) is 14.1 Å². The molecular weight excluding hydrogens is 294 g/mol. The first-order valence-electron chi connectivity index (χ1n) is 8.11. The van der Waals surface area contributed by atoms with E-state index < -0.39 is 0 Å². The fourth-order valence-electron chi connectivity index (χ4n) is 3.88. The van der Waals surface area contributed by atoms with Crippen LogP contribution in [0.4, 0.5) is 0 Å². The number of hydrogen-bond donors (Lipinski definition) is 0. The van der Waals surface area contributed by atoms with Gasteiger partial charge in [0.1, 0.15) is 5.01 Å². The van der Waals surface area contributed by atoms with Gasteiger partial charge in [0, 0.05) is 30.7 Å². The van der Waals surface area contributed by atoms with Gasteiger partial charge in [0.25, 0.3) is 0 Å². The molecule has 2 rings (SSSR count). The van der Waals surface area contributed by atoms with E-state index in [9.17, 15) is 4.79 Å². The largest absolute Gasteiger partial charge is 0.338 e. The molecule has 124 valence electrons. The number of thiazole rings is 1. The molecule has 0 N–H and O–H groups in total. The van der Waals surface area contributed by atoms with E-state index in [4.69, 9.17) is 0 Å². The summed E-state index contributed by atoms with van der Waals surface area (Å²) in [7, 11) is 4.07. The fraction of sp³-hybridized carbons (Fsp3) is 0.765. The van der Waals surface area contributed by atoms with Gasteiger partial charge in [-0.2, -0.15) is 0 Å². The Morgan fingerprint density at radius 2 is 2.18 bits per heavy atom. The average molecular weight is 324 g/mol. The van der Waals surface area contributed by atoms with Gasteiger partial charge in [-0.1, -0.05) is 13.8 Å². The summed E-state index contributed by atoms with van der Waals surface area (Å²) in [5.41, 5.74) is -0.371. The molecule has 1 aromatic heterocycles. The molecule has 0 saturated carbocycles. The SMILES string of the molecule is CC(C)C1CCC(C(C)(C)C(=O)N(C)Cc2nccs2)N1C. The molecular formula is C17H29N3OS. The lowest BCUT2D eigenvalue weighted by Crippen LogP contribution is -2.51. The Balaban J connectivity index is 2.07. The van der Waals surface area contributed by atoms with Crippen molar-refractivity contribution in [2.45, 2.75) is 59.2 Å². The number of aromatic nitrogens is 1. The Kier molecular flexibility index (Phi) is 5.28. The molecule has 0 aromatic carbocycles. The highest BCUT2D eigenvalue weighted by atomic mass is 32.1. The summed E-state index contributed by atoms with van der Waals surface area (Å²) >= 11 is 1.60. The van der Waals surface area contributed by atoms with Crippen molar-refractivity contribution >= 4 is 17.2 Å². The van der Waals surface area contributed by atoms with Gasteiger partial charge < -0.3 is 4.90 Å². The maximum atomic E-state index is 13.0. The van der Waals surface area contributed by atoms with Crippen LogP contribution in [0.3, 0.4) is 0 Å². The molecule has 1 fully saturated rings. The van der Waals surface area contributed by atoms with E-state index in [1.807, 2.05) is 17.3 Å². The smallest absolute Gasteiger partial charge is 0.229 e. The Morgan fingerprint density at radius 3 is 2.68 bits per heavy atom. The molecule has 0 bridgehead atoms. The summed E-state index contributed by atoms with van der Waals surface area (Å²) < 4.78 is 0. The van der Waals surface area contributed by atoms with Crippen LogP contribution in [-0.4, -0.2) is 46.9 Å². The summed E-state index contributed by atoms with van der Waals surface area (Å²) in [4.78, 5) is 21.5. The number of rotatable bonds is 5. The number of nitrogens with zero attached hydrogens (tertiary/aromatic N) is 3. The molecule has 0 spiro atoms. The van der Waals surface area contributed by atoms with Gasteiger partial charge in [0.05, 0.1) is 12.0 Å². The third-order valence-corrected chi connectivity index (χ3v) is 5.87. The van der Waals surface area contributed by atoms with Gasteiger partial charge in [-0.25, -0.2) is 4.98 Å². The normalized spacial score (nSPS) is 23.2. The van der Waals surface area contributed by atoms with Gasteiger partial charge in [0.2, 0.25) is 5.91 Å². The zero-order valence-electron chi connectivity index (χ0n) is 14.7. The van der Waals surface area contributed by atoms with Crippen LogP contribution in [0.2, 0.25) is 0 Å². The fourth-order valence-corrected chi connectivity index (χ4v) is 4.55. The first-order valence-corrected chi connectivity index (χ1v) is 8.99. The van der Waals surface area contributed by atoms with Gasteiger partial charge in [0.15, 0.2) is 0 Å². The lowest BCUT2D eigenvalue weighted by atomic mass is 9.81. The van der Waals surface area contributed by atoms with Crippen LogP contribution in [0, 0.1) is 11.3 Å². The number of hydrogen-bond acceptors (Lipinski definition) is 4. The Labute approximate surface area is 138 Å². The number of carbonyl (C=O) groups is 1. The predicted octanol–water partition coefficient (Wildman–Crippen LogP) is 3.25. The number of likely N-dealkylation sites (tertiary alicyclic amines) is 1. The number of carbonyl (C=O) groups excluding carboxylic acids is 1. The second-order valence-electron chi connectivity index (χ2n) is 7.38. The van der Waals surface area contributed by atoms with Gasteiger partial charge in [-0.3, -0.25) is 9.69 Å². The van der Waals surface area contributed by atoms with E-state index in [0.717, 1.165) is 11.4 Å². The van der Waals surface area contributed by atoms with E-state index in [1.54, 1.807) is 17.5 Å². The molecule has 1 aliphatic heterocycles. The van der Waals surface area contributed by atoms with E-state index in [0.29, 0.717) is 24.5 Å². The van der Waals surface area contributed by atoms with Gasteiger partial charge in [-0.15, -0.1) is 11.3 Å². The summed E-state index contributed by atoms with van der Waals surface area (Å²) in [5.74, 6) is 0.845. The second kappa shape index (κ2) is 6.67. The molecule has 1 aliphatic rings. The van der Waals surface area contributed by atoms with Crippen molar-refractivity contribution in [3.05, 3.63) is 16.6 Å². The molecule has 0 aliphatic carbocycles. The minimum Gasteiger partial charge on any atom is -0.338 e. The van der Waals surface area contributed by atoms with Crippen LogP contribution < -0.4 is 0 Å². The van der Waals surface area contributed by atoms with Crippen LogP contribution in [0.5, 0.6) is 0 Å². The van der Waals surface area contributed by atoms with Crippen molar-refractivity contribution < 1.29 is 4.79 Å². The maximum absolute atomic E-state index is 13.0. The zero-order valence-corrected chi connectivity index (χ0v) is 15.5. The van der Waals surface area contributed by atoms with Gasteiger partial charge in [-0.05, 0) is 39.7 Å². The molecule has 1 saturated heterocycles. The van der Waals surface area contributed by atoms with E-state index in [2.05, 4.69) is 44.6 Å². The van der Waals surface area contributed by atoms with Crippen molar-refractivity contribution in [3.8, 4) is 0 Å². The molecule has 22 heavy (non-hydrogen) atoms. The molecule has 2 unspecified atom stereocenters. The lowest BCUT2D eigenvalue weighted by Gasteiger charge is -2.39. The van der Waals surface area contributed by atoms with Crippen molar-refractivity contribution in [3.63, 3.8) is 0 Å². The van der Waals surface area contributed by atoms with Gasteiger partial charge >= 0.3 is 0 Å². The van der Waals surface area contributed by atoms with Crippen molar-refractivity contribution in [1.82, 2.24) is 14.8 Å². The maximum Gasteiger partial charge on any atom is 0.229 e. The summed E-state index contributed by atoms with van der Waals surface area (Å²) in [5, 5.41) is 2.95. The quantitative estimate of drug-likeness (QED) is 0.834. The highest BCUT2D eigenvalue weighted by Gasteiger charge is 2.46. The lowest BCUT2D eigenvalue weighted by molar-refractivity contribution is -0.143. The Morgan fingerprint density at radius 1 is 1.50 bits per heavy atom. The highest BCUT2D eigenvalue weighted by molar-refractivity contribution is 7.09. The summed E-state index contributed by atoms with van der Waals surface area (Å²) in [6.45, 7) is 9.33. The van der Waals surface area contributed by atoms with E-state index in [-0.39, 0.29) is 11.3 Å². The Hall–Kier alpha value is -0.940. The van der Waals surface area contributed by atoms with Crippen LogP contribution in [0.15, 0.2) is 11.6 Å². The Bertz CT molecular complexity index is 498. The summed E-state index contributed by atoms with van der Waals surface area (Å²) in [6.07, 6.45) is 4.08. The van der Waals surface area contributed by atoms with Crippen molar-refractivity contribution in [2.24, 2.45) is 11.3 Å². The minimum atomic E-state index is -0.371. The third-order valence-electron chi connectivity index (χ3n) is 5.11. The minimum absolute atomic E-state index is 0.212. The highest BCUT2D eigenvalue weighted by Crippen LogP contribution is 2.38. The van der Waals surface area contributed by atoms with Crippen LogP contribution in [0.1, 0.15) is 45.5 Å². The molecule has 2 heterocycles. The standard InChI is InChI=1S/C17H29N3OS/c1-12(2)13-7-8-14(20(13)6)17(3,4)16(21)19(5)11-15-18-9-10-22-15/h9-10,12-14H,7-8,11H2,1-6H3. The average Bonchev–Trinajstić information content (AvgIpc) is 3.07. The molecule has 1 amide bonds. The topological polar surface area (TPSA) is 36.4 Å². The van der Waals surface area contributed by atoms with Crippen LogP contribution >= 0.6 is 11.3 Å². The predicted molar refractivity (Wildman–Crippen MR) is 91.8 cm³/mol. The zero-order chi connectivity index (χ0) is 16.5. The molecule has 0 radical (unpaired) electrons. The molecule has 4 nitrogen and oxygen atoms in total. The van der Waals surface area contributed by atoms with E-state index >= 15 is 0 Å². The summed E-state index contributed by atoms with van der Waals surface area (Å²) in [6, 6.07) is 0.896. The van der Waals surface area contributed by atoms with Crippen molar-refractivity contribution in [1.29, 1.82) is 0 Å². The monoisotopic (exact) mass is 323 g/mol. The molecule has 1 aromatic rings. The second-order valence-corrected chi connectivity index (χ2v) is 8.36.